The second-order valence-electron chi connectivity index (χ2n) is 7.30. The summed E-state index contributed by atoms with van der Waals surface area (Å²) in [7, 11) is 0. The Bertz CT molecular complexity index is 910. The van der Waals surface area contributed by atoms with E-state index in [1.54, 1.807) is 19.1 Å². The quantitative estimate of drug-likeness (QED) is 0.847. The number of urea groups is 1. The number of halogens is 1. The van der Waals surface area contributed by atoms with Crippen molar-refractivity contribution in [1.82, 2.24) is 15.1 Å². The van der Waals surface area contributed by atoms with E-state index in [1.807, 2.05) is 34.9 Å². The lowest BCUT2D eigenvalue weighted by Crippen LogP contribution is -2.45. The lowest BCUT2D eigenvalue weighted by Gasteiger charge is -2.25. The van der Waals surface area contributed by atoms with Crippen LogP contribution in [0.2, 0.25) is 5.02 Å². The lowest BCUT2D eigenvalue weighted by atomic mass is 10.1. The zero-order valence-corrected chi connectivity index (χ0v) is 16.8. The number of nitrogens with one attached hydrogen (secondary N) is 1. The van der Waals surface area contributed by atoms with Crippen LogP contribution in [0, 0.1) is 6.92 Å². The van der Waals surface area contributed by atoms with E-state index in [0.29, 0.717) is 41.7 Å². The van der Waals surface area contributed by atoms with Crippen molar-refractivity contribution in [1.29, 1.82) is 0 Å². The second-order valence-corrected chi connectivity index (χ2v) is 7.71. The smallest absolute Gasteiger partial charge is 0.317 e. The number of amides is 3. The molecule has 0 saturated carbocycles. The number of hydrogen-bond acceptors (Lipinski definition) is 3. The van der Waals surface area contributed by atoms with Gasteiger partial charge in [-0.1, -0.05) is 23.7 Å². The number of furan rings is 1. The predicted molar refractivity (Wildman–Crippen MR) is 108 cm³/mol. The minimum Gasteiger partial charge on any atom is -0.460 e. The van der Waals surface area contributed by atoms with Gasteiger partial charge in [0.05, 0.1) is 22.7 Å². The Kier molecular flexibility index (Phi) is 5.06. The van der Waals surface area contributed by atoms with Crippen LogP contribution in [0.5, 0.6) is 0 Å². The van der Waals surface area contributed by atoms with Gasteiger partial charge in [0, 0.05) is 25.2 Å². The first kappa shape index (κ1) is 18.9. The number of nitrogens with zero attached hydrogens (tertiary/aromatic N) is 2. The molecule has 2 atom stereocenters. The van der Waals surface area contributed by atoms with Crippen molar-refractivity contribution in [3.63, 3.8) is 0 Å². The second kappa shape index (κ2) is 7.51. The van der Waals surface area contributed by atoms with Gasteiger partial charge < -0.3 is 19.5 Å². The largest absolute Gasteiger partial charge is 0.460 e. The third-order valence-electron chi connectivity index (χ3n) is 5.71. The minimum atomic E-state index is -0.0372. The summed E-state index contributed by atoms with van der Waals surface area (Å²) in [5.74, 6) is 1.14. The van der Waals surface area contributed by atoms with Crippen molar-refractivity contribution in [2.24, 2.45) is 0 Å². The highest BCUT2D eigenvalue weighted by molar-refractivity contribution is 6.33. The molecule has 7 heteroatoms. The molecule has 6 nitrogen and oxygen atoms in total. The van der Waals surface area contributed by atoms with Gasteiger partial charge in [-0.3, -0.25) is 4.79 Å². The van der Waals surface area contributed by atoms with Gasteiger partial charge in [-0.15, -0.1) is 0 Å². The summed E-state index contributed by atoms with van der Waals surface area (Å²) < 4.78 is 5.86. The average Bonchev–Trinajstić information content (AvgIpc) is 3.36. The minimum absolute atomic E-state index is 0.0372. The summed E-state index contributed by atoms with van der Waals surface area (Å²) in [6, 6.07) is 9.32. The predicted octanol–water partition coefficient (Wildman–Crippen LogP) is 3.93. The van der Waals surface area contributed by atoms with Gasteiger partial charge in [0.1, 0.15) is 11.5 Å². The van der Waals surface area contributed by atoms with Crippen LogP contribution in [0.15, 0.2) is 34.7 Å². The van der Waals surface area contributed by atoms with E-state index in [2.05, 4.69) is 5.32 Å². The van der Waals surface area contributed by atoms with Crippen LogP contribution in [0.1, 0.15) is 35.9 Å². The Hall–Kier alpha value is -2.47. The third-order valence-corrected chi connectivity index (χ3v) is 6.04. The van der Waals surface area contributed by atoms with E-state index >= 15 is 0 Å². The van der Waals surface area contributed by atoms with Crippen LogP contribution in [-0.2, 0) is 0 Å². The van der Waals surface area contributed by atoms with E-state index < -0.39 is 0 Å². The Morgan fingerprint density at radius 2 is 1.86 bits per heavy atom. The molecule has 3 amide bonds. The number of carbonyl (C=O) groups is 2. The number of rotatable bonds is 3. The first-order valence-corrected chi connectivity index (χ1v) is 10.1. The van der Waals surface area contributed by atoms with Crippen molar-refractivity contribution in [2.45, 2.75) is 38.8 Å². The molecule has 2 aliphatic rings. The van der Waals surface area contributed by atoms with Crippen LogP contribution in [-0.4, -0.2) is 53.5 Å². The molecule has 1 aromatic heterocycles. The molecule has 0 aliphatic carbocycles. The molecule has 0 spiro atoms. The summed E-state index contributed by atoms with van der Waals surface area (Å²) in [6.45, 7) is 5.65. The molecule has 0 unspecified atom stereocenters. The zero-order valence-electron chi connectivity index (χ0n) is 16.1. The van der Waals surface area contributed by atoms with Gasteiger partial charge in [0.25, 0.3) is 5.91 Å². The molecule has 2 fully saturated rings. The molecule has 0 radical (unpaired) electrons. The monoisotopic (exact) mass is 401 g/mol. The third kappa shape index (κ3) is 3.15. The highest BCUT2D eigenvalue weighted by Gasteiger charge is 2.46. The Morgan fingerprint density at radius 1 is 1.18 bits per heavy atom. The fourth-order valence-electron chi connectivity index (χ4n) is 4.39. The van der Waals surface area contributed by atoms with E-state index in [1.165, 1.54) is 0 Å². The summed E-state index contributed by atoms with van der Waals surface area (Å²) in [5, 5.41) is 3.46. The maximum absolute atomic E-state index is 13.3. The standard InChI is InChI=1S/C21H24ClN3O3/c1-3-23-21(27)25-11-9-17-18(25)8-10-24(17)20(26)15-12-19(28-13(15)2)14-6-4-5-7-16(14)22/h4-7,12,17-18H,3,8-11H2,1-2H3,(H,23,27)/t17-,18-/m0/s1. The van der Waals surface area contributed by atoms with Crippen molar-refractivity contribution < 1.29 is 14.0 Å². The van der Waals surface area contributed by atoms with Crippen molar-refractivity contribution >= 4 is 23.5 Å². The van der Waals surface area contributed by atoms with Gasteiger partial charge in [0.2, 0.25) is 0 Å². The molecule has 3 heterocycles. The normalized spacial score (nSPS) is 21.1. The van der Waals surface area contributed by atoms with E-state index in [-0.39, 0.29) is 24.0 Å². The van der Waals surface area contributed by atoms with Gasteiger partial charge in [-0.05, 0) is 44.9 Å². The molecule has 1 N–H and O–H groups in total. The molecular weight excluding hydrogens is 378 g/mol. The highest BCUT2D eigenvalue weighted by Crippen LogP contribution is 2.35. The first-order valence-electron chi connectivity index (χ1n) is 9.72. The van der Waals surface area contributed by atoms with Crippen LogP contribution in [0.25, 0.3) is 11.3 Å². The van der Waals surface area contributed by atoms with Crippen molar-refractivity contribution in [3.8, 4) is 11.3 Å². The molecule has 148 valence electrons. The lowest BCUT2D eigenvalue weighted by molar-refractivity contribution is 0.0731. The fraction of sp³-hybridized carbons (Fsp3) is 0.429. The van der Waals surface area contributed by atoms with Crippen molar-refractivity contribution in [3.05, 3.63) is 46.7 Å². The highest BCUT2D eigenvalue weighted by atomic mass is 35.5. The zero-order chi connectivity index (χ0) is 19.8. The van der Waals surface area contributed by atoms with Crippen LogP contribution < -0.4 is 5.32 Å². The van der Waals surface area contributed by atoms with Gasteiger partial charge in [-0.2, -0.15) is 0 Å². The number of benzene rings is 1. The number of hydrogen-bond donors (Lipinski definition) is 1. The van der Waals surface area contributed by atoms with E-state index in [9.17, 15) is 9.59 Å². The number of carbonyl (C=O) groups excluding carboxylic acids is 2. The van der Waals surface area contributed by atoms with Crippen molar-refractivity contribution in [2.75, 3.05) is 19.6 Å². The summed E-state index contributed by atoms with van der Waals surface area (Å²) in [6.07, 6.45) is 1.61. The Labute approximate surface area is 169 Å². The van der Waals surface area contributed by atoms with E-state index in [0.717, 1.165) is 18.4 Å². The Morgan fingerprint density at radius 3 is 2.57 bits per heavy atom. The molecule has 2 aromatic rings. The van der Waals surface area contributed by atoms with Crippen LogP contribution >= 0.6 is 11.6 Å². The maximum Gasteiger partial charge on any atom is 0.317 e. The molecule has 0 bridgehead atoms. The summed E-state index contributed by atoms with van der Waals surface area (Å²) >= 11 is 6.27. The number of likely N-dealkylation sites (tertiary alicyclic amines) is 2. The molecular formula is C21H24ClN3O3. The van der Waals surface area contributed by atoms with Gasteiger partial charge in [-0.25, -0.2) is 4.79 Å². The van der Waals surface area contributed by atoms with Gasteiger partial charge >= 0.3 is 6.03 Å². The molecule has 28 heavy (non-hydrogen) atoms. The first-order chi connectivity index (χ1) is 13.5. The number of aryl methyl sites for hydroxylation is 1. The van der Waals surface area contributed by atoms with Crippen LogP contribution in [0.3, 0.4) is 0 Å². The molecule has 1 aromatic carbocycles. The topological polar surface area (TPSA) is 65.8 Å². The fourth-order valence-corrected chi connectivity index (χ4v) is 4.62. The van der Waals surface area contributed by atoms with Crippen LogP contribution in [0.4, 0.5) is 4.79 Å². The molecule has 4 rings (SSSR count). The molecule has 2 aliphatic heterocycles. The van der Waals surface area contributed by atoms with E-state index in [4.69, 9.17) is 16.0 Å². The molecule has 2 saturated heterocycles. The van der Waals surface area contributed by atoms with Gasteiger partial charge in [0.15, 0.2) is 0 Å². The maximum atomic E-state index is 13.3. The SMILES string of the molecule is CCNC(=O)N1CC[C@H]2[C@@H]1CCN2C(=O)c1cc(-c2ccccc2Cl)oc1C. The Balaban J connectivity index is 1.55. The number of fused-ring (bicyclic) bond motifs is 1. The average molecular weight is 402 g/mol. The summed E-state index contributed by atoms with van der Waals surface area (Å²) in [5.41, 5.74) is 1.33. The summed E-state index contributed by atoms with van der Waals surface area (Å²) in [4.78, 5) is 29.3.